The van der Waals surface area contributed by atoms with Gasteiger partial charge in [-0.25, -0.2) is 0 Å². The summed E-state index contributed by atoms with van der Waals surface area (Å²) in [6, 6.07) is 0.603. The minimum Gasteiger partial charge on any atom is -0.314 e. The van der Waals surface area contributed by atoms with Gasteiger partial charge in [0.05, 0.1) is 0 Å². The predicted octanol–water partition coefficient (Wildman–Crippen LogP) is 1.92. The highest BCUT2D eigenvalue weighted by molar-refractivity contribution is 7.85. The van der Waals surface area contributed by atoms with Gasteiger partial charge in [0.15, 0.2) is 0 Å². The van der Waals surface area contributed by atoms with Crippen LogP contribution in [0.3, 0.4) is 0 Å². The van der Waals surface area contributed by atoms with Gasteiger partial charge < -0.3 is 5.32 Å². The summed E-state index contributed by atoms with van der Waals surface area (Å²) < 4.78 is 11.9. The molecule has 1 N–H and O–H groups in total. The Hall–Kier alpha value is 0.110. The summed E-state index contributed by atoms with van der Waals surface area (Å²) in [5, 5.41) is 3.93. The van der Waals surface area contributed by atoms with Crippen molar-refractivity contribution in [3.05, 3.63) is 0 Å². The van der Waals surface area contributed by atoms with Crippen LogP contribution in [0, 0.1) is 5.92 Å². The number of hydrogen-bond donors (Lipinski definition) is 1. The van der Waals surface area contributed by atoms with Crippen molar-refractivity contribution in [2.45, 2.75) is 51.3 Å². The van der Waals surface area contributed by atoms with Crippen molar-refractivity contribution in [2.24, 2.45) is 5.92 Å². The maximum absolute atomic E-state index is 11.9. The second-order valence-corrected chi connectivity index (χ2v) is 6.00. The Morgan fingerprint density at radius 3 is 2.64 bits per heavy atom. The molecule has 0 bridgehead atoms. The van der Waals surface area contributed by atoms with Crippen LogP contribution < -0.4 is 5.32 Å². The van der Waals surface area contributed by atoms with E-state index >= 15 is 0 Å². The average Bonchev–Trinajstić information content (AvgIpc) is 2.49. The van der Waals surface area contributed by atoms with Crippen LogP contribution >= 0.6 is 0 Å². The van der Waals surface area contributed by atoms with Gasteiger partial charge in [-0.3, -0.25) is 4.21 Å². The van der Waals surface area contributed by atoms with Crippen molar-refractivity contribution in [1.82, 2.24) is 5.32 Å². The molecular formula is C11H23NOS. The Bertz CT molecular complexity index is 196. The molecule has 14 heavy (non-hydrogen) atoms. The zero-order valence-corrected chi connectivity index (χ0v) is 10.4. The van der Waals surface area contributed by atoms with Gasteiger partial charge in [0.2, 0.25) is 0 Å². The summed E-state index contributed by atoms with van der Waals surface area (Å²) >= 11 is 0. The fraction of sp³-hybridized carbons (Fsp3) is 1.00. The Labute approximate surface area is 90.3 Å². The van der Waals surface area contributed by atoms with Gasteiger partial charge >= 0.3 is 0 Å². The smallest absolute Gasteiger partial charge is 0.0388 e. The third-order valence-electron chi connectivity index (χ3n) is 3.19. The molecule has 0 heterocycles. The molecule has 0 aromatic heterocycles. The van der Waals surface area contributed by atoms with Gasteiger partial charge in [0.25, 0.3) is 0 Å². The normalized spacial score (nSPS) is 34.6. The predicted molar refractivity (Wildman–Crippen MR) is 63.0 cm³/mol. The lowest BCUT2D eigenvalue weighted by Gasteiger charge is -2.20. The standard InChI is InChI=1S/C11H23NOS/c1-4-8-14(13)11-7-6-10(9(11)3)12-5-2/h9-12H,4-8H2,1-3H3. The monoisotopic (exact) mass is 217 g/mol. The third-order valence-corrected chi connectivity index (χ3v) is 5.34. The summed E-state index contributed by atoms with van der Waals surface area (Å²) in [6.07, 6.45) is 3.39. The van der Waals surface area contributed by atoms with Crippen molar-refractivity contribution in [2.75, 3.05) is 12.3 Å². The molecule has 1 fully saturated rings. The molecule has 4 atom stereocenters. The van der Waals surface area contributed by atoms with Crippen molar-refractivity contribution in [3.8, 4) is 0 Å². The van der Waals surface area contributed by atoms with E-state index in [0.29, 0.717) is 17.2 Å². The molecule has 1 aliphatic carbocycles. The third kappa shape index (κ3) is 2.80. The van der Waals surface area contributed by atoms with E-state index in [0.717, 1.165) is 25.1 Å². The first-order valence-electron chi connectivity index (χ1n) is 5.81. The molecule has 0 saturated heterocycles. The minimum absolute atomic E-state index is 0.444. The van der Waals surface area contributed by atoms with Gasteiger partial charge in [0, 0.05) is 27.8 Å². The lowest BCUT2D eigenvalue weighted by atomic mass is 10.1. The number of hydrogen-bond acceptors (Lipinski definition) is 2. The molecule has 0 aromatic carbocycles. The highest BCUT2D eigenvalue weighted by Crippen LogP contribution is 2.30. The van der Waals surface area contributed by atoms with Crippen molar-refractivity contribution in [1.29, 1.82) is 0 Å². The molecule has 4 unspecified atom stereocenters. The maximum atomic E-state index is 11.9. The Morgan fingerprint density at radius 2 is 2.07 bits per heavy atom. The van der Waals surface area contributed by atoms with Gasteiger partial charge in [-0.15, -0.1) is 0 Å². The SMILES string of the molecule is CCCS(=O)C1CCC(NCC)C1C. The molecule has 84 valence electrons. The van der Waals surface area contributed by atoms with Crippen LogP contribution in [-0.2, 0) is 10.8 Å². The Morgan fingerprint density at radius 1 is 1.36 bits per heavy atom. The van der Waals surface area contributed by atoms with E-state index in [-0.39, 0.29) is 0 Å². The fourth-order valence-electron chi connectivity index (χ4n) is 2.40. The van der Waals surface area contributed by atoms with Gasteiger partial charge in [0.1, 0.15) is 0 Å². The lowest BCUT2D eigenvalue weighted by Crippen LogP contribution is -2.35. The maximum Gasteiger partial charge on any atom is 0.0388 e. The second kappa shape index (κ2) is 5.86. The van der Waals surface area contributed by atoms with E-state index in [1.54, 1.807) is 0 Å². The van der Waals surface area contributed by atoms with E-state index in [2.05, 4.69) is 26.1 Å². The molecule has 3 heteroatoms. The fourth-order valence-corrected chi connectivity index (χ4v) is 4.17. The molecule has 0 radical (unpaired) electrons. The Kier molecular flexibility index (Phi) is 5.10. The molecule has 1 aliphatic rings. The van der Waals surface area contributed by atoms with Crippen LogP contribution in [0.2, 0.25) is 0 Å². The van der Waals surface area contributed by atoms with Gasteiger partial charge in [-0.05, 0) is 31.7 Å². The highest BCUT2D eigenvalue weighted by Gasteiger charge is 2.35. The molecule has 0 aromatic rings. The number of rotatable bonds is 5. The van der Waals surface area contributed by atoms with Gasteiger partial charge in [-0.2, -0.15) is 0 Å². The Balaban J connectivity index is 2.46. The van der Waals surface area contributed by atoms with E-state index < -0.39 is 10.8 Å². The molecule has 0 spiro atoms. The largest absolute Gasteiger partial charge is 0.314 e. The lowest BCUT2D eigenvalue weighted by molar-refractivity contribution is 0.438. The topological polar surface area (TPSA) is 29.1 Å². The molecule has 1 rings (SSSR count). The minimum atomic E-state index is -0.590. The first-order chi connectivity index (χ1) is 6.70. The van der Waals surface area contributed by atoms with Crippen molar-refractivity contribution in [3.63, 3.8) is 0 Å². The quantitative estimate of drug-likeness (QED) is 0.762. The average molecular weight is 217 g/mol. The summed E-state index contributed by atoms with van der Waals surface area (Å²) in [6.45, 7) is 7.53. The zero-order chi connectivity index (χ0) is 10.6. The summed E-state index contributed by atoms with van der Waals surface area (Å²) in [5.74, 6) is 1.47. The summed E-state index contributed by atoms with van der Waals surface area (Å²) in [7, 11) is -0.590. The summed E-state index contributed by atoms with van der Waals surface area (Å²) in [4.78, 5) is 0. The van der Waals surface area contributed by atoms with Crippen LogP contribution in [0.1, 0.15) is 40.0 Å². The zero-order valence-electron chi connectivity index (χ0n) is 9.58. The van der Waals surface area contributed by atoms with E-state index in [4.69, 9.17) is 0 Å². The van der Waals surface area contributed by atoms with E-state index in [9.17, 15) is 4.21 Å². The molecule has 0 amide bonds. The second-order valence-electron chi connectivity index (χ2n) is 4.22. The molecular weight excluding hydrogens is 194 g/mol. The van der Waals surface area contributed by atoms with E-state index in [1.807, 2.05) is 0 Å². The van der Waals surface area contributed by atoms with Crippen LogP contribution in [0.25, 0.3) is 0 Å². The molecule has 1 saturated carbocycles. The van der Waals surface area contributed by atoms with Crippen LogP contribution in [0.4, 0.5) is 0 Å². The number of nitrogens with one attached hydrogen (secondary N) is 1. The van der Waals surface area contributed by atoms with Crippen molar-refractivity contribution >= 4 is 10.8 Å². The van der Waals surface area contributed by atoms with Crippen LogP contribution in [-0.4, -0.2) is 27.8 Å². The van der Waals surface area contributed by atoms with Crippen LogP contribution in [0.5, 0.6) is 0 Å². The highest BCUT2D eigenvalue weighted by atomic mass is 32.2. The van der Waals surface area contributed by atoms with Gasteiger partial charge in [-0.1, -0.05) is 20.8 Å². The molecule has 0 aliphatic heterocycles. The first-order valence-corrected chi connectivity index (χ1v) is 7.19. The van der Waals surface area contributed by atoms with E-state index in [1.165, 1.54) is 6.42 Å². The molecule has 2 nitrogen and oxygen atoms in total. The summed E-state index contributed by atoms with van der Waals surface area (Å²) in [5.41, 5.74) is 0. The van der Waals surface area contributed by atoms with Crippen LogP contribution in [0.15, 0.2) is 0 Å². The first kappa shape index (κ1) is 12.2. The van der Waals surface area contributed by atoms with Crippen molar-refractivity contribution < 1.29 is 4.21 Å².